The van der Waals surface area contributed by atoms with E-state index in [1.54, 1.807) is 0 Å². The first-order valence-corrected chi connectivity index (χ1v) is 5.84. The lowest BCUT2D eigenvalue weighted by Crippen LogP contribution is -2.22. The molecule has 0 aromatic carbocycles. The highest BCUT2D eigenvalue weighted by molar-refractivity contribution is 8.00. The Bertz CT molecular complexity index is 102. The quantitative estimate of drug-likeness (QED) is 0.624. The largest absolute Gasteiger partial charge is 0.362 e. The molecule has 0 N–H and O–H groups in total. The zero-order valence-corrected chi connectivity index (χ0v) is 8.97. The van der Waals surface area contributed by atoms with Crippen molar-refractivity contribution < 1.29 is 13.8 Å². The second kappa shape index (κ2) is 6.58. The van der Waals surface area contributed by atoms with Crippen LogP contribution in [0.5, 0.6) is 0 Å². The van der Waals surface area contributed by atoms with Gasteiger partial charge in [0.15, 0.2) is 5.78 Å². The Balaban J connectivity index is 3.61. The average molecular weight is 200 g/mol. The lowest BCUT2D eigenvalue weighted by atomic mass is 10.3. The minimum absolute atomic E-state index is 0.00241. The van der Waals surface area contributed by atoms with Crippen molar-refractivity contribution in [3.8, 4) is 0 Å². The van der Waals surface area contributed by atoms with Gasteiger partial charge in [-0.3, -0.25) is 4.79 Å². The molecule has 0 saturated carbocycles. The lowest BCUT2D eigenvalue weighted by molar-refractivity contribution is -0.124. The van der Waals surface area contributed by atoms with Crippen LogP contribution >= 0.6 is 26.9 Å². The van der Waals surface area contributed by atoms with Crippen molar-refractivity contribution in [3.05, 3.63) is 0 Å². The maximum absolute atomic E-state index is 10.7. The molecule has 0 aromatic rings. The van der Waals surface area contributed by atoms with Gasteiger partial charge >= 0.3 is 0 Å². The minimum atomic E-state index is -0.409. The number of carbonyl (C=O) groups excluding carboxylic acids is 1. The third-order valence-electron chi connectivity index (χ3n) is 0.911. The van der Waals surface area contributed by atoms with E-state index in [1.165, 1.54) is 6.92 Å². The van der Waals surface area contributed by atoms with E-state index >= 15 is 0 Å². The van der Waals surface area contributed by atoms with Gasteiger partial charge < -0.3 is 9.05 Å². The summed E-state index contributed by atoms with van der Waals surface area (Å²) in [6, 6.07) is 0. The second-order valence-corrected chi connectivity index (χ2v) is 3.18. The Hall–Kier alpha value is 0.880. The highest BCUT2D eigenvalue weighted by Crippen LogP contribution is 2.24. The van der Waals surface area contributed by atoms with Gasteiger partial charge in [-0.15, -0.1) is 0 Å². The van der Waals surface area contributed by atoms with Crippen molar-refractivity contribution >= 4 is 32.7 Å². The molecule has 3 nitrogen and oxygen atoms in total. The molecule has 0 heterocycles. The van der Waals surface area contributed by atoms with Crippen LogP contribution in [-0.2, 0) is 13.8 Å². The Morgan fingerprint density at radius 1 is 1.80 bits per heavy atom. The molecule has 0 rings (SSSR count). The summed E-state index contributed by atoms with van der Waals surface area (Å²) < 4.78 is 9.73. The van der Waals surface area contributed by atoms with Gasteiger partial charge in [-0.25, -0.2) is 0 Å². The maximum Gasteiger partial charge on any atom is 0.161 e. The van der Waals surface area contributed by atoms with Gasteiger partial charge in [-0.05, 0) is 6.92 Å². The number of Topliss-reactive ketones (excluding diaryl/α,β-unsaturated/α-hetero) is 1. The fourth-order valence-electron chi connectivity index (χ4n) is 0.404. The van der Waals surface area contributed by atoms with Crippen molar-refractivity contribution in [2.24, 2.45) is 0 Å². The van der Waals surface area contributed by atoms with Gasteiger partial charge in [0.1, 0.15) is 6.10 Å². The summed E-state index contributed by atoms with van der Waals surface area (Å²) in [5.41, 5.74) is 0. The van der Waals surface area contributed by atoms with Crippen LogP contribution in [0.3, 0.4) is 0 Å². The Kier molecular flexibility index (Phi) is 7.16. The molecule has 0 aliphatic carbocycles. The first-order valence-electron chi connectivity index (χ1n) is 2.65. The van der Waals surface area contributed by atoms with Crippen LogP contribution in [0.2, 0.25) is 0 Å². The van der Waals surface area contributed by atoms with Crippen LogP contribution in [0.4, 0.5) is 0 Å². The van der Waals surface area contributed by atoms with Crippen LogP contribution < -0.4 is 0 Å². The van der Waals surface area contributed by atoms with E-state index in [4.69, 9.17) is 4.52 Å². The highest BCUT2D eigenvalue weighted by Gasteiger charge is 2.12. The van der Waals surface area contributed by atoms with E-state index in [0.29, 0.717) is 6.61 Å². The normalized spacial score (nSPS) is 14.3. The molecule has 0 amide bonds. The van der Waals surface area contributed by atoms with Crippen molar-refractivity contribution in [1.82, 2.24) is 0 Å². The fourth-order valence-corrected chi connectivity index (χ4v) is 1.47. The highest BCUT2D eigenvalue weighted by atomic mass is 32.0. The van der Waals surface area contributed by atoms with E-state index in [0.717, 1.165) is 0 Å². The van der Waals surface area contributed by atoms with Crippen LogP contribution in [0.25, 0.3) is 0 Å². The monoisotopic (exact) mass is 200 g/mol. The summed E-state index contributed by atoms with van der Waals surface area (Å²) in [5, 5.41) is 0. The molecule has 3 unspecified atom stereocenters. The van der Waals surface area contributed by atoms with Crippen LogP contribution in [0.15, 0.2) is 0 Å². The molecule has 6 heteroatoms. The molecule has 0 aliphatic heterocycles. The summed E-state index contributed by atoms with van der Waals surface area (Å²) >= 11 is 0. The number of ketones is 1. The molecular formula is C4H11O3P3. The molecule has 0 bridgehead atoms. The maximum atomic E-state index is 10.7. The molecule has 0 aromatic heterocycles. The lowest BCUT2D eigenvalue weighted by Gasteiger charge is -2.10. The van der Waals surface area contributed by atoms with Gasteiger partial charge in [0, 0.05) is 18.0 Å². The molecular weight excluding hydrogens is 189 g/mol. The van der Waals surface area contributed by atoms with Crippen LogP contribution in [-0.4, -0.2) is 18.5 Å². The van der Waals surface area contributed by atoms with Gasteiger partial charge in [0.25, 0.3) is 0 Å². The first kappa shape index (κ1) is 10.9. The number of carbonyl (C=O) groups is 1. The summed E-state index contributed by atoms with van der Waals surface area (Å²) in [6.07, 6.45) is -0.409. The molecule has 0 fully saturated rings. The van der Waals surface area contributed by atoms with Gasteiger partial charge in [-0.2, -0.15) is 0 Å². The molecule has 10 heavy (non-hydrogen) atoms. The Morgan fingerprint density at radius 3 is 2.70 bits per heavy atom. The van der Waals surface area contributed by atoms with Gasteiger partial charge in [0.2, 0.25) is 0 Å². The fraction of sp³-hybridized carbons (Fsp3) is 0.750. The third kappa shape index (κ3) is 4.66. The van der Waals surface area contributed by atoms with E-state index in [2.05, 4.69) is 22.9 Å². The van der Waals surface area contributed by atoms with Crippen LogP contribution in [0, 0.1) is 0 Å². The van der Waals surface area contributed by atoms with Crippen molar-refractivity contribution in [1.29, 1.82) is 0 Å². The average Bonchev–Trinajstić information content (AvgIpc) is 1.87. The summed E-state index contributed by atoms with van der Waals surface area (Å²) in [4.78, 5) is 10.7. The number of rotatable bonds is 5. The predicted octanol–water partition coefficient (Wildman–Crippen LogP) is 1.15. The molecule has 60 valence electrons. The molecule has 0 saturated heterocycles. The zero-order chi connectivity index (χ0) is 7.98. The first-order chi connectivity index (χ1) is 4.72. The summed E-state index contributed by atoms with van der Waals surface area (Å²) in [6.45, 7) is 1.79. The topological polar surface area (TPSA) is 35.5 Å². The van der Waals surface area contributed by atoms with Gasteiger partial charge in [0.05, 0.1) is 6.61 Å². The Morgan fingerprint density at radius 2 is 2.40 bits per heavy atom. The van der Waals surface area contributed by atoms with Crippen molar-refractivity contribution in [2.45, 2.75) is 13.0 Å². The minimum Gasteiger partial charge on any atom is -0.362 e. The molecule has 0 spiro atoms. The second-order valence-electron chi connectivity index (χ2n) is 1.67. The van der Waals surface area contributed by atoms with Crippen LogP contribution in [0.1, 0.15) is 6.92 Å². The third-order valence-corrected chi connectivity index (χ3v) is 1.93. The van der Waals surface area contributed by atoms with E-state index in [-0.39, 0.29) is 14.3 Å². The molecule has 0 aliphatic rings. The van der Waals surface area contributed by atoms with Crippen molar-refractivity contribution in [2.75, 3.05) is 6.61 Å². The number of hydrogen-bond acceptors (Lipinski definition) is 3. The zero-order valence-electron chi connectivity index (χ0n) is 5.66. The Labute approximate surface area is 66.9 Å². The smallest absolute Gasteiger partial charge is 0.161 e. The van der Waals surface area contributed by atoms with Crippen molar-refractivity contribution in [3.63, 3.8) is 0 Å². The predicted molar refractivity (Wildman–Crippen MR) is 49.2 cm³/mol. The van der Waals surface area contributed by atoms with E-state index in [1.807, 2.05) is 0 Å². The molecule has 0 radical (unpaired) electrons. The number of hydrogen-bond donors (Lipinski definition) is 0. The summed E-state index contributed by atoms with van der Waals surface area (Å²) in [7, 11) is 4.74. The standard InChI is InChI=1S/C4H11O3P3/c1-3(5)4(2-6-8)7-10-9/h4,10H,2,8-9H2,1H3/t4-/m0/s1. The van der Waals surface area contributed by atoms with E-state index < -0.39 is 6.10 Å². The summed E-state index contributed by atoms with van der Waals surface area (Å²) in [5.74, 6) is -0.00241. The van der Waals surface area contributed by atoms with E-state index in [9.17, 15) is 4.79 Å². The SMILES string of the molecule is CC(=O)[C@H](COP)OPP. The molecule has 4 atom stereocenters. The van der Waals surface area contributed by atoms with Gasteiger partial charge in [-0.1, -0.05) is 8.93 Å².